The van der Waals surface area contributed by atoms with Crippen LogP contribution in [0.4, 0.5) is 4.70 Å². The minimum atomic E-state index is -0.0766. The van der Waals surface area contributed by atoms with Crippen LogP contribution in [0.2, 0.25) is 0 Å². The van der Waals surface area contributed by atoms with E-state index in [2.05, 4.69) is 248 Å². The van der Waals surface area contributed by atoms with E-state index in [1.165, 1.54) is 88.6 Å². The van der Waals surface area contributed by atoms with Crippen LogP contribution in [0.3, 0.4) is 0 Å². The van der Waals surface area contributed by atoms with Crippen molar-refractivity contribution in [3.8, 4) is 95.5 Å². The highest BCUT2D eigenvalue weighted by molar-refractivity contribution is 9.10. The summed E-state index contributed by atoms with van der Waals surface area (Å²) < 4.78 is 3.51. The SMILES string of the molecule is CC1(C)c2ccccc2-c2cccc(-c3ccc(-n4c5ccccc5c5cc(-c6cccc(-c7nc(-c8ccccc8)nc(-c8ccccc8)n7)c6)ccc54)cc3)c21.CC1(C)c2ccccc2-c2cccc(-c3ccc(Br)cc3)c21.F. The maximum Gasteiger partial charge on any atom is 0.164 e. The van der Waals surface area contributed by atoms with E-state index in [1.807, 2.05) is 60.7 Å². The first-order valence-corrected chi connectivity index (χ1v) is 28.2. The summed E-state index contributed by atoms with van der Waals surface area (Å²) in [6, 6.07) is 93.1. The Labute approximate surface area is 480 Å². The molecule has 2 aliphatic carbocycles. The van der Waals surface area contributed by atoms with Gasteiger partial charge in [0.05, 0.1) is 11.0 Å². The van der Waals surface area contributed by atoms with Gasteiger partial charge in [0, 0.05) is 48.5 Å². The maximum atomic E-state index is 5.00. The Morgan fingerprint density at radius 3 is 1.27 bits per heavy atom. The van der Waals surface area contributed by atoms with Crippen LogP contribution in [-0.4, -0.2) is 19.5 Å². The monoisotopic (exact) mass is 1110 g/mol. The van der Waals surface area contributed by atoms with Gasteiger partial charge in [0.2, 0.25) is 0 Å². The minimum Gasteiger partial charge on any atom is -0.309 e. The molecule has 0 amide bonds. The van der Waals surface area contributed by atoms with Crippen LogP contribution >= 0.6 is 15.9 Å². The van der Waals surface area contributed by atoms with Crippen molar-refractivity contribution in [3.63, 3.8) is 0 Å². The summed E-state index contributed by atoms with van der Waals surface area (Å²) in [6.07, 6.45) is 0. The number of hydrogen-bond acceptors (Lipinski definition) is 3. The van der Waals surface area contributed by atoms with Crippen LogP contribution < -0.4 is 0 Å². The topological polar surface area (TPSA) is 43.6 Å². The zero-order valence-electron chi connectivity index (χ0n) is 45.4. The van der Waals surface area contributed by atoms with E-state index in [0.717, 1.165) is 38.0 Å². The number of hydrogen-bond donors (Lipinski definition) is 0. The molecule has 0 spiro atoms. The van der Waals surface area contributed by atoms with Crippen molar-refractivity contribution in [2.24, 2.45) is 0 Å². The number of benzene rings is 11. The number of fused-ring (bicyclic) bond motifs is 9. The molecule has 0 bridgehead atoms. The number of nitrogens with zero attached hydrogens (tertiary/aromatic N) is 4. The molecule has 2 heterocycles. The third-order valence-corrected chi connectivity index (χ3v) is 17.1. The average molecular weight is 1110 g/mol. The van der Waals surface area contributed by atoms with Gasteiger partial charge in [-0.2, -0.15) is 0 Å². The normalized spacial score (nSPS) is 13.1. The van der Waals surface area contributed by atoms with Gasteiger partial charge in [-0.1, -0.05) is 256 Å². The first-order valence-electron chi connectivity index (χ1n) is 27.4. The Morgan fingerprint density at radius 2 is 0.704 bits per heavy atom. The van der Waals surface area contributed by atoms with Crippen molar-refractivity contribution in [2.45, 2.75) is 38.5 Å². The minimum absolute atomic E-state index is 0. The molecule has 2 aliphatic rings. The van der Waals surface area contributed by atoms with Crippen molar-refractivity contribution >= 4 is 37.7 Å². The summed E-state index contributed by atoms with van der Waals surface area (Å²) in [7, 11) is 0. The molecular formula is C75H56BrFN4. The Morgan fingerprint density at radius 1 is 0.309 bits per heavy atom. The Hall–Kier alpha value is -9.36. The predicted molar refractivity (Wildman–Crippen MR) is 339 cm³/mol. The lowest BCUT2D eigenvalue weighted by atomic mass is 9.79. The van der Waals surface area contributed by atoms with Gasteiger partial charge in [0.15, 0.2) is 17.5 Å². The molecule has 81 heavy (non-hydrogen) atoms. The third kappa shape index (κ3) is 8.78. The van der Waals surface area contributed by atoms with Gasteiger partial charge in [-0.15, -0.1) is 0 Å². The van der Waals surface area contributed by atoms with Crippen molar-refractivity contribution < 1.29 is 4.70 Å². The van der Waals surface area contributed by atoms with E-state index in [0.29, 0.717) is 17.5 Å². The maximum absolute atomic E-state index is 5.00. The standard InChI is InChI=1S/C54H38N4.C21H17Br.FH/c1-54(2)47-25-11-9-21-43(47)45-24-14-23-42(50(45)54)35-27-30-41(31-28-35)58-48-26-12-10-22-44(48)46-34-39(29-32-49(46)58)38-19-13-20-40(33-38)53-56-51(36-15-5-3-6-16-36)55-52(57-53)37-17-7-4-8-18-37;1-21(2)19-9-4-3-6-17(19)18-8-5-7-16(20(18)21)14-10-12-15(22)13-11-14;/h3-34H,1-2H3;3-13H,1-2H3;1H. The van der Waals surface area contributed by atoms with Gasteiger partial charge >= 0.3 is 0 Å². The Kier molecular flexibility index (Phi) is 12.9. The number of aromatic nitrogens is 4. The number of rotatable bonds is 7. The molecule has 0 atom stereocenters. The van der Waals surface area contributed by atoms with Crippen molar-refractivity contribution in [3.05, 3.63) is 288 Å². The van der Waals surface area contributed by atoms with Crippen LogP contribution in [0.5, 0.6) is 0 Å². The Balaban J connectivity index is 0.000000225. The second kappa shape index (κ2) is 20.4. The summed E-state index contributed by atoms with van der Waals surface area (Å²) in [5.41, 5.74) is 24.8. The molecular weight excluding hydrogens is 1060 g/mol. The second-order valence-corrected chi connectivity index (χ2v) is 23.0. The molecule has 2 aromatic heterocycles. The Bertz CT molecular complexity index is 4470. The smallest absolute Gasteiger partial charge is 0.164 e. The molecule has 0 saturated carbocycles. The van der Waals surface area contributed by atoms with Crippen molar-refractivity contribution in [1.82, 2.24) is 19.5 Å². The highest BCUT2D eigenvalue weighted by Gasteiger charge is 2.38. The zero-order valence-corrected chi connectivity index (χ0v) is 47.0. The predicted octanol–water partition coefficient (Wildman–Crippen LogP) is 20.2. The lowest BCUT2D eigenvalue weighted by molar-refractivity contribution is 0.662. The molecule has 4 nitrogen and oxygen atoms in total. The molecule has 0 saturated heterocycles. The van der Waals surface area contributed by atoms with Gasteiger partial charge in [0.1, 0.15) is 0 Å². The fourth-order valence-corrected chi connectivity index (χ4v) is 13.1. The quantitative estimate of drug-likeness (QED) is 0.160. The molecule has 0 aliphatic heterocycles. The van der Waals surface area contributed by atoms with Crippen LogP contribution in [0.25, 0.3) is 117 Å². The van der Waals surface area contributed by atoms with Gasteiger partial charge in [0.25, 0.3) is 0 Å². The molecule has 0 fully saturated rings. The molecule has 15 rings (SSSR count). The van der Waals surface area contributed by atoms with Crippen LogP contribution in [0.15, 0.2) is 265 Å². The highest BCUT2D eigenvalue weighted by Crippen LogP contribution is 2.53. The molecule has 13 aromatic rings. The van der Waals surface area contributed by atoms with E-state index < -0.39 is 0 Å². The summed E-state index contributed by atoms with van der Waals surface area (Å²) in [4.78, 5) is 14.9. The van der Waals surface area contributed by atoms with Crippen LogP contribution in [0.1, 0.15) is 49.9 Å². The van der Waals surface area contributed by atoms with Gasteiger partial charge in [-0.05, 0) is 126 Å². The summed E-state index contributed by atoms with van der Waals surface area (Å²) in [6.45, 7) is 9.38. The number of para-hydroxylation sites is 1. The van der Waals surface area contributed by atoms with Gasteiger partial charge in [-0.25, -0.2) is 15.0 Å². The van der Waals surface area contributed by atoms with Crippen LogP contribution in [-0.2, 0) is 10.8 Å². The van der Waals surface area contributed by atoms with Crippen LogP contribution in [0, 0.1) is 0 Å². The first-order chi connectivity index (χ1) is 39.1. The number of halogens is 2. The fraction of sp³-hybridized carbons (Fsp3) is 0.0800. The molecule has 0 N–H and O–H groups in total. The fourth-order valence-electron chi connectivity index (χ4n) is 12.8. The van der Waals surface area contributed by atoms with Crippen molar-refractivity contribution in [1.29, 1.82) is 0 Å². The van der Waals surface area contributed by atoms with E-state index in [9.17, 15) is 0 Å². The first kappa shape index (κ1) is 51.1. The molecule has 390 valence electrons. The third-order valence-electron chi connectivity index (χ3n) is 16.6. The molecule has 0 unspecified atom stereocenters. The lowest BCUT2D eigenvalue weighted by Crippen LogP contribution is -2.16. The van der Waals surface area contributed by atoms with E-state index in [4.69, 9.17) is 15.0 Å². The molecule has 11 aromatic carbocycles. The van der Waals surface area contributed by atoms with Gasteiger partial charge < -0.3 is 4.57 Å². The van der Waals surface area contributed by atoms with E-state index >= 15 is 0 Å². The summed E-state index contributed by atoms with van der Waals surface area (Å²) in [5, 5.41) is 2.43. The molecule has 6 heteroatoms. The average Bonchev–Trinajstić information content (AvgIpc) is 4.25. The summed E-state index contributed by atoms with van der Waals surface area (Å²) >= 11 is 3.53. The lowest BCUT2D eigenvalue weighted by Gasteiger charge is -2.24. The highest BCUT2D eigenvalue weighted by atomic mass is 79.9. The van der Waals surface area contributed by atoms with Crippen molar-refractivity contribution in [2.75, 3.05) is 0 Å². The second-order valence-electron chi connectivity index (χ2n) is 22.1. The van der Waals surface area contributed by atoms with E-state index in [1.54, 1.807) is 0 Å². The van der Waals surface area contributed by atoms with E-state index in [-0.39, 0.29) is 15.5 Å². The zero-order chi connectivity index (χ0) is 54.1. The summed E-state index contributed by atoms with van der Waals surface area (Å²) in [5.74, 6) is 1.95. The largest absolute Gasteiger partial charge is 0.309 e. The van der Waals surface area contributed by atoms with Gasteiger partial charge in [-0.3, -0.25) is 4.70 Å². The molecule has 0 radical (unpaired) electrons.